The quantitative estimate of drug-likeness (QED) is 0.752. The Labute approximate surface area is 112 Å². The third-order valence-corrected chi connectivity index (χ3v) is 3.01. The number of carbonyl (C=O) groups excluding carboxylic acids is 1. The van der Waals surface area contributed by atoms with Crippen LogP contribution in [0.1, 0.15) is 21.5 Å². The van der Waals surface area contributed by atoms with E-state index in [1.165, 1.54) is 31.2 Å². The average Bonchev–Trinajstić information content (AvgIpc) is 2.39. The summed E-state index contributed by atoms with van der Waals surface area (Å²) >= 11 is 5.49. The van der Waals surface area contributed by atoms with E-state index in [1.807, 2.05) is 0 Å². The summed E-state index contributed by atoms with van der Waals surface area (Å²) in [4.78, 5) is 12.0. The van der Waals surface area contributed by atoms with E-state index in [1.54, 1.807) is 0 Å². The molecule has 19 heavy (non-hydrogen) atoms. The number of rotatable bonds is 2. The number of carbonyl (C=O) groups is 1. The van der Waals surface area contributed by atoms with Gasteiger partial charge in [-0.05, 0) is 36.8 Å². The molecule has 0 aliphatic carbocycles. The summed E-state index contributed by atoms with van der Waals surface area (Å²) in [5.74, 6) is -3.91. The van der Waals surface area contributed by atoms with E-state index in [9.17, 15) is 18.0 Å². The molecule has 2 aromatic rings. The molecule has 0 aliphatic rings. The number of aryl methyl sites for hydroxylation is 1. The lowest BCUT2D eigenvalue weighted by molar-refractivity contribution is 0.103. The van der Waals surface area contributed by atoms with Crippen molar-refractivity contribution in [3.63, 3.8) is 0 Å². The molecular formula is C14H8ClF3O. The van der Waals surface area contributed by atoms with Crippen molar-refractivity contribution in [1.82, 2.24) is 0 Å². The molecule has 0 aromatic heterocycles. The predicted octanol–water partition coefficient (Wildman–Crippen LogP) is 4.30. The standard InChI is InChI=1S/C14H8ClF3O/c1-7-2-4-9(13(18)12(7)17)14(19)8-3-5-10(15)11(16)6-8/h2-6H,1H3. The zero-order chi connectivity index (χ0) is 14.2. The summed E-state index contributed by atoms with van der Waals surface area (Å²) in [6, 6.07) is 5.79. The molecule has 0 saturated carbocycles. The lowest BCUT2D eigenvalue weighted by atomic mass is 10.0. The van der Waals surface area contributed by atoms with E-state index in [-0.39, 0.29) is 16.1 Å². The molecule has 0 aliphatic heterocycles. The van der Waals surface area contributed by atoms with E-state index >= 15 is 0 Å². The SMILES string of the molecule is Cc1ccc(C(=O)c2ccc(Cl)c(F)c2)c(F)c1F. The largest absolute Gasteiger partial charge is 0.288 e. The summed E-state index contributed by atoms with van der Waals surface area (Å²) in [7, 11) is 0. The van der Waals surface area contributed by atoms with E-state index < -0.39 is 28.8 Å². The molecule has 5 heteroatoms. The molecule has 2 rings (SSSR count). The van der Waals surface area contributed by atoms with Crippen molar-refractivity contribution in [1.29, 1.82) is 0 Å². The third kappa shape index (κ3) is 2.49. The molecule has 0 fully saturated rings. The molecule has 0 spiro atoms. The number of ketones is 1. The van der Waals surface area contributed by atoms with Crippen LogP contribution in [0.25, 0.3) is 0 Å². The molecule has 0 saturated heterocycles. The molecule has 98 valence electrons. The van der Waals surface area contributed by atoms with Gasteiger partial charge < -0.3 is 0 Å². The van der Waals surface area contributed by atoms with Gasteiger partial charge in [-0.3, -0.25) is 4.79 Å². The topological polar surface area (TPSA) is 17.1 Å². The first kappa shape index (κ1) is 13.6. The Hall–Kier alpha value is -1.81. The van der Waals surface area contributed by atoms with Gasteiger partial charge in [0.25, 0.3) is 0 Å². The molecular weight excluding hydrogens is 277 g/mol. The summed E-state index contributed by atoms with van der Waals surface area (Å²) < 4.78 is 40.3. The first-order chi connectivity index (χ1) is 8.91. The van der Waals surface area contributed by atoms with E-state index in [4.69, 9.17) is 11.6 Å². The fourth-order valence-corrected chi connectivity index (χ4v) is 1.73. The molecule has 1 nitrogen and oxygen atoms in total. The second-order valence-electron chi connectivity index (χ2n) is 4.02. The molecule has 0 bridgehead atoms. The van der Waals surface area contributed by atoms with Crippen LogP contribution in [0.4, 0.5) is 13.2 Å². The monoisotopic (exact) mass is 284 g/mol. The lowest BCUT2D eigenvalue weighted by Gasteiger charge is -2.06. The highest BCUT2D eigenvalue weighted by Crippen LogP contribution is 2.21. The fourth-order valence-electron chi connectivity index (χ4n) is 1.61. The van der Waals surface area contributed by atoms with Crippen molar-refractivity contribution < 1.29 is 18.0 Å². The summed E-state index contributed by atoms with van der Waals surface area (Å²) in [6.45, 7) is 1.38. The van der Waals surface area contributed by atoms with Crippen molar-refractivity contribution in [2.45, 2.75) is 6.92 Å². The van der Waals surface area contributed by atoms with E-state index in [0.717, 1.165) is 6.07 Å². The molecule has 0 N–H and O–H groups in total. The number of benzene rings is 2. The average molecular weight is 285 g/mol. The van der Waals surface area contributed by atoms with Gasteiger partial charge >= 0.3 is 0 Å². The van der Waals surface area contributed by atoms with Crippen molar-refractivity contribution in [3.05, 3.63) is 69.5 Å². The molecule has 0 heterocycles. The molecule has 0 amide bonds. The Balaban J connectivity index is 2.50. The maximum Gasteiger partial charge on any atom is 0.196 e. The maximum atomic E-state index is 13.7. The van der Waals surface area contributed by atoms with Crippen LogP contribution in [0.2, 0.25) is 5.02 Å². The molecule has 2 aromatic carbocycles. The van der Waals surface area contributed by atoms with E-state index in [0.29, 0.717) is 0 Å². The summed E-state index contributed by atoms with van der Waals surface area (Å²) in [5, 5.41) is -0.146. The number of halogens is 4. The van der Waals surface area contributed by atoms with Gasteiger partial charge in [-0.15, -0.1) is 0 Å². The van der Waals surface area contributed by atoms with Gasteiger partial charge in [0.2, 0.25) is 0 Å². The van der Waals surface area contributed by atoms with Crippen LogP contribution in [-0.2, 0) is 0 Å². The fraction of sp³-hybridized carbons (Fsp3) is 0.0714. The zero-order valence-corrected chi connectivity index (χ0v) is 10.6. The normalized spacial score (nSPS) is 10.6. The van der Waals surface area contributed by atoms with Crippen LogP contribution < -0.4 is 0 Å². The van der Waals surface area contributed by atoms with Crippen LogP contribution in [0.3, 0.4) is 0 Å². The van der Waals surface area contributed by atoms with Gasteiger partial charge in [0.05, 0.1) is 10.6 Å². The van der Waals surface area contributed by atoms with Gasteiger partial charge in [-0.25, -0.2) is 13.2 Å². The van der Waals surface area contributed by atoms with Crippen molar-refractivity contribution in [2.75, 3.05) is 0 Å². The minimum absolute atomic E-state index is 0.0935. The Morgan fingerprint density at radius 1 is 1.05 bits per heavy atom. The highest BCUT2D eigenvalue weighted by molar-refractivity contribution is 6.30. The Morgan fingerprint density at radius 3 is 2.37 bits per heavy atom. The van der Waals surface area contributed by atoms with Crippen LogP contribution in [0.15, 0.2) is 30.3 Å². The van der Waals surface area contributed by atoms with Gasteiger partial charge in [0.15, 0.2) is 17.4 Å². The van der Waals surface area contributed by atoms with Gasteiger partial charge in [0, 0.05) is 5.56 Å². The Kier molecular flexibility index (Phi) is 3.62. The van der Waals surface area contributed by atoms with Crippen LogP contribution in [0.5, 0.6) is 0 Å². The second kappa shape index (κ2) is 5.05. The number of hydrogen-bond donors (Lipinski definition) is 0. The van der Waals surface area contributed by atoms with Crippen LogP contribution >= 0.6 is 11.6 Å². The van der Waals surface area contributed by atoms with Crippen molar-refractivity contribution in [2.24, 2.45) is 0 Å². The Morgan fingerprint density at radius 2 is 1.74 bits per heavy atom. The van der Waals surface area contributed by atoms with Gasteiger partial charge in [-0.1, -0.05) is 17.7 Å². The Bertz CT molecular complexity index is 668. The highest BCUT2D eigenvalue weighted by Gasteiger charge is 2.19. The number of hydrogen-bond acceptors (Lipinski definition) is 1. The van der Waals surface area contributed by atoms with Gasteiger partial charge in [0.1, 0.15) is 5.82 Å². The highest BCUT2D eigenvalue weighted by atomic mass is 35.5. The zero-order valence-electron chi connectivity index (χ0n) is 9.81. The predicted molar refractivity (Wildman–Crippen MR) is 65.9 cm³/mol. The van der Waals surface area contributed by atoms with Crippen LogP contribution in [0, 0.1) is 24.4 Å². The molecule has 0 radical (unpaired) electrons. The minimum Gasteiger partial charge on any atom is -0.288 e. The molecule has 0 atom stereocenters. The minimum atomic E-state index is -1.24. The summed E-state index contributed by atoms with van der Waals surface area (Å²) in [5.41, 5.74) is -0.440. The first-order valence-corrected chi connectivity index (χ1v) is 5.74. The smallest absolute Gasteiger partial charge is 0.196 e. The van der Waals surface area contributed by atoms with Gasteiger partial charge in [-0.2, -0.15) is 0 Å². The maximum absolute atomic E-state index is 13.7. The third-order valence-electron chi connectivity index (χ3n) is 2.70. The lowest BCUT2D eigenvalue weighted by Crippen LogP contribution is -2.07. The van der Waals surface area contributed by atoms with Crippen molar-refractivity contribution in [3.8, 4) is 0 Å². The first-order valence-electron chi connectivity index (χ1n) is 5.36. The summed E-state index contributed by atoms with van der Waals surface area (Å²) in [6.07, 6.45) is 0. The van der Waals surface area contributed by atoms with Crippen molar-refractivity contribution >= 4 is 17.4 Å². The van der Waals surface area contributed by atoms with E-state index in [2.05, 4.69) is 0 Å². The second-order valence-corrected chi connectivity index (χ2v) is 4.42. The van der Waals surface area contributed by atoms with Crippen LogP contribution in [-0.4, -0.2) is 5.78 Å². The molecule has 0 unspecified atom stereocenters.